The van der Waals surface area contributed by atoms with Gasteiger partial charge in [0.05, 0.1) is 11.1 Å². The predicted molar refractivity (Wildman–Crippen MR) is 125 cm³/mol. The van der Waals surface area contributed by atoms with E-state index in [0.717, 1.165) is 77.3 Å². The molecule has 0 saturated carbocycles. The number of aliphatic hydroxyl groups is 1. The minimum atomic E-state index is 0.281. The van der Waals surface area contributed by atoms with E-state index in [9.17, 15) is 5.11 Å². The third kappa shape index (κ3) is 3.51. The van der Waals surface area contributed by atoms with Crippen LogP contribution in [0.5, 0.6) is 0 Å². The number of hydrogen-bond donors (Lipinski definition) is 1. The Morgan fingerprint density at radius 3 is 2.27 bits per heavy atom. The molecule has 1 aromatic carbocycles. The number of nitrogens with zero attached hydrogens (tertiary/aromatic N) is 4. The summed E-state index contributed by atoms with van der Waals surface area (Å²) in [6.07, 6.45) is 3.09. The number of piperidine rings is 1. The van der Waals surface area contributed by atoms with Gasteiger partial charge in [0.2, 0.25) is 0 Å². The maximum atomic E-state index is 9.27. The first kappa shape index (κ1) is 20.9. The lowest BCUT2D eigenvalue weighted by atomic mass is 9.91. The Bertz CT molecular complexity index is 1070. The highest BCUT2D eigenvalue weighted by Gasteiger charge is 2.26. The first-order valence-corrected chi connectivity index (χ1v) is 10.9. The molecule has 3 aromatic rings. The second-order valence-corrected chi connectivity index (χ2v) is 8.78. The minimum absolute atomic E-state index is 0.281. The maximum Gasteiger partial charge on any atom is 0.150 e. The van der Waals surface area contributed by atoms with Gasteiger partial charge in [0.15, 0.2) is 5.65 Å². The van der Waals surface area contributed by atoms with Crippen molar-refractivity contribution in [3.63, 3.8) is 0 Å². The maximum absolute atomic E-state index is 9.27. The van der Waals surface area contributed by atoms with Crippen LogP contribution in [0.1, 0.15) is 47.5 Å². The highest BCUT2D eigenvalue weighted by molar-refractivity contribution is 6.32. The van der Waals surface area contributed by atoms with Gasteiger partial charge in [0.25, 0.3) is 0 Å². The zero-order valence-electron chi connectivity index (χ0n) is 18.8. The lowest BCUT2D eigenvalue weighted by Crippen LogP contribution is -2.34. The fourth-order valence-corrected chi connectivity index (χ4v) is 5.01. The molecule has 0 unspecified atom stereocenters. The predicted octanol–water partition coefficient (Wildman–Crippen LogP) is 3.36. The molecule has 4 rings (SSSR count). The Labute approximate surface area is 180 Å². The smallest absolute Gasteiger partial charge is 0.150 e. The van der Waals surface area contributed by atoms with Crippen LogP contribution in [0.25, 0.3) is 16.7 Å². The number of aryl methyl sites for hydroxylation is 4. The standard InChI is InChI=1S/C24H31BN4O/c1-14-12-20(25)13-15(2)22(14)29-17(4)16(3)21-23(26-18(5)27-24(21)29)28-9-6-19(7-10-28)8-11-30/h12-13,19,30H,6-11H2,1-5H3. The van der Waals surface area contributed by atoms with Gasteiger partial charge in [0.1, 0.15) is 19.5 Å². The molecule has 1 aliphatic rings. The van der Waals surface area contributed by atoms with Crippen LogP contribution < -0.4 is 10.4 Å². The van der Waals surface area contributed by atoms with Gasteiger partial charge in [-0.15, -0.1) is 0 Å². The van der Waals surface area contributed by atoms with Crippen LogP contribution in [0.15, 0.2) is 12.1 Å². The molecule has 30 heavy (non-hydrogen) atoms. The first-order valence-electron chi connectivity index (χ1n) is 10.9. The van der Waals surface area contributed by atoms with Crippen molar-refractivity contribution in [2.75, 3.05) is 24.6 Å². The topological polar surface area (TPSA) is 54.2 Å². The van der Waals surface area contributed by atoms with Crippen molar-refractivity contribution < 1.29 is 5.11 Å². The summed E-state index contributed by atoms with van der Waals surface area (Å²) in [6, 6.07) is 4.06. The quantitative estimate of drug-likeness (QED) is 0.680. The fraction of sp³-hybridized carbons (Fsp3) is 0.500. The number of anilines is 1. The van der Waals surface area contributed by atoms with Crippen molar-refractivity contribution in [2.45, 2.75) is 53.9 Å². The van der Waals surface area contributed by atoms with Crippen LogP contribution in [-0.2, 0) is 0 Å². The van der Waals surface area contributed by atoms with Crippen molar-refractivity contribution >= 4 is 30.2 Å². The van der Waals surface area contributed by atoms with Crippen molar-refractivity contribution in [3.05, 3.63) is 40.3 Å². The van der Waals surface area contributed by atoms with E-state index < -0.39 is 0 Å². The van der Waals surface area contributed by atoms with Crippen molar-refractivity contribution in [1.29, 1.82) is 0 Å². The molecule has 2 radical (unpaired) electrons. The highest BCUT2D eigenvalue weighted by Crippen LogP contribution is 2.36. The van der Waals surface area contributed by atoms with Crippen molar-refractivity contribution in [1.82, 2.24) is 14.5 Å². The molecule has 156 valence electrons. The van der Waals surface area contributed by atoms with Gasteiger partial charge in [-0.3, -0.25) is 4.57 Å². The van der Waals surface area contributed by atoms with Crippen LogP contribution in [-0.4, -0.2) is 47.2 Å². The zero-order chi connectivity index (χ0) is 21.6. The van der Waals surface area contributed by atoms with Gasteiger partial charge in [0, 0.05) is 25.4 Å². The number of benzene rings is 1. The van der Waals surface area contributed by atoms with E-state index in [4.69, 9.17) is 17.8 Å². The number of fused-ring (bicyclic) bond motifs is 1. The first-order chi connectivity index (χ1) is 14.3. The normalized spacial score (nSPS) is 15.3. The summed E-state index contributed by atoms with van der Waals surface area (Å²) in [5, 5.41) is 10.4. The molecule has 5 nitrogen and oxygen atoms in total. The van der Waals surface area contributed by atoms with E-state index in [1.807, 2.05) is 19.1 Å². The van der Waals surface area contributed by atoms with Crippen LogP contribution >= 0.6 is 0 Å². The molecule has 0 bridgehead atoms. The summed E-state index contributed by atoms with van der Waals surface area (Å²) < 4.78 is 2.28. The monoisotopic (exact) mass is 402 g/mol. The van der Waals surface area contributed by atoms with Gasteiger partial charge in [-0.25, -0.2) is 9.97 Å². The molecule has 0 atom stereocenters. The van der Waals surface area contributed by atoms with Gasteiger partial charge in [-0.05, 0) is 76.5 Å². The molecular weight excluding hydrogens is 371 g/mol. The summed E-state index contributed by atoms with van der Waals surface area (Å²) in [6.45, 7) is 12.8. The SMILES string of the molecule is [B]c1cc(C)c(-n2c(C)c(C)c3c(N4CCC(CCO)CC4)nc(C)nc32)c(C)c1. The fourth-order valence-electron chi connectivity index (χ4n) is 5.01. The number of aliphatic hydroxyl groups excluding tert-OH is 1. The summed E-state index contributed by atoms with van der Waals surface area (Å²) in [5.74, 6) is 2.45. The molecule has 1 saturated heterocycles. The zero-order valence-corrected chi connectivity index (χ0v) is 18.8. The number of rotatable bonds is 4. The minimum Gasteiger partial charge on any atom is -0.396 e. The number of hydrogen-bond acceptors (Lipinski definition) is 4. The van der Waals surface area contributed by atoms with Gasteiger partial charge in [-0.1, -0.05) is 17.6 Å². The van der Waals surface area contributed by atoms with E-state index in [-0.39, 0.29) is 6.61 Å². The summed E-state index contributed by atoms with van der Waals surface area (Å²) in [7, 11) is 6.08. The van der Waals surface area contributed by atoms with Crippen LogP contribution in [0, 0.1) is 40.5 Å². The van der Waals surface area contributed by atoms with Gasteiger partial charge >= 0.3 is 0 Å². The summed E-state index contributed by atoms with van der Waals surface area (Å²) in [5.41, 5.74) is 7.64. The van der Waals surface area contributed by atoms with E-state index in [1.54, 1.807) is 0 Å². The van der Waals surface area contributed by atoms with Gasteiger partial charge in [-0.2, -0.15) is 0 Å². The molecule has 2 aromatic heterocycles. The summed E-state index contributed by atoms with van der Waals surface area (Å²) >= 11 is 0. The Hall–Kier alpha value is -2.34. The largest absolute Gasteiger partial charge is 0.396 e. The molecule has 1 N–H and O–H groups in total. The third-order valence-electron chi connectivity index (χ3n) is 6.64. The molecule has 1 fully saturated rings. The second kappa shape index (κ2) is 8.07. The average Bonchev–Trinajstić information content (AvgIpc) is 2.92. The van der Waals surface area contributed by atoms with E-state index in [0.29, 0.717) is 5.92 Å². The second-order valence-electron chi connectivity index (χ2n) is 8.78. The van der Waals surface area contributed by atoms with E-state index in [2.05, 4.69) is 37.2 Å². The Kier molecular flexibility index (Phi) is 5.62. The van der Waals surface area contributed by atoms with E-state index >= 15 is 0 Å². The van der Waals surface area contributed by atoms with Crippen LogP contribution in [0.3, 0.4) is 0 Å². The highest BCUT2D eigenvalue weighted by atomic mass is 16.3. The van der Waals surface area contributed by atoms with Crippen molar-refractivity contribution in [3.8, 4) is 5.69 Å². The van der Waals surface area contributed by atoms with Gasteiger partial charge < -0.3 is 10.0 Å². The Morgan fingerprint density at radius 2 is 1.67 bits per heavy atom. The van der Waals surface area contributed by atoms with Crippen LogP contribution in [0.2, 0.25) is 0 Å². The van der Waals surface area contributed by atoms with Crippen molar-refractivity contribution in [2.24, 2.45) is 5.92 Å². The molecule has 0 aliphatic carbocycles. The molecule has 6 heteroatoms. The Balaban J connectivity index is 1.88. The molecular formula is C24H31BN4O. The van der Waals surface area contributed by atoms with E-state index in [1.165, 1.54) is 11.3 Å². The molecule has 0 spiro atoms. The molecule has 0 amide bonds. The number of aromatic nitrogens is 3. The Morgan fingerprint density at radius 1 is 1.03 bits per heavy atom. The lowest BCUT2D eigenvalue weighted by molar-refractivity contribution is 0.240. The molecule has 1 aliphatic heterocycles. The average molecular weight is 402 g/mol. The van der Waals surface area contributed by atoms with Crippen LogP contribution in [0.4, 0.5) is 5.82 Å². The molecule has 3 heterocycles. The lowest BCUT2D eigenvalue weighted by Gasteiger charge is -2.33. The third-order valence-corrected chi connectivity index (χ3v) is 6.64. The summed E-state index contributed by atoms with van der Waals surface area (Å²) in [4.78, 5) is 12.2.